The molecular formula is C28H27N3O3. The van der Waals surface area contributed by atoms with Gasteiger partial charge in [-0.25, -0.2) is 4.98 Å². The number of aryl methyl sites for hydroxylation is 1. The van der Waals surface area contributed by atoms with E-state index in [0.717, 1.165) is 41.2 Å². The van der Waals surface area contributed by atoms with Crippen LogP contribution in [0, 0.1) is 0 Å². The normalized spacial score (nSPS) is 15.8. The van der Waals surface area contributed by atoms with Gasteiger partial charge in [0.15, 0.2) is 0 Å². The summed E-state index contributed by atoms with van der Waals surface area (Å²) in [6.45, 7) is 1.99. The highest BCUT2D eigenvalue weighted by atomic mass is 16.5. The Morgan fingerprint density at radius 1 is 0.912 bits per heavy atom. The Balaban J connectivity index is 1.71. The number of benzene rings is 3. The van der Waals surface area contributed by atoms with E-state index >= 15 is 0 Å². The summed E-state index contributed by atoms with van der Waals surface area (Å²) < 4.78 is 12.3. The van der Waals surface area contributed by atoms with Crippen LogP contribution in [0.2, 0.25) is 0 Å². The van der Waals surface area contributed by atoms with Crippen molar-refractivity contribution >= 4 is 16.6 Å². The van der Waals surface area contributed by atoms with E-state index in [1.54, 1.807) is 14.2 Å². The summed E-state index contributed by atoms with van der Waals surface area (Å²) >= 11 is 0. The third-order valence-electron chi connectivity index (χ3n) is 6.75. The summed E-state index contributed by atoms with van der Waals surface area (Å²) in [6, 6.07) is 23.6. The van der Waals surface area contributed by atoms with Crippen LogP contribution in [0.25, 0.3) is 10.9 Å². The zero-order chi connectivity index (χ0) is 23.7. The van der Waals surface area contributed by atoms with E-state index in [-0.39, 0.29) is 5.56 Å². The number of fused-ring (bicyclic) bond motifs is 1. The third-order valence-corrected chi connectivity index (χ3v) is 6.75. The summed E-state index contributed by atoms with van der Waals surface area (Å²) in [6.07, 6.45) is 2.29. The number of rotatable bonds is 6. The molecule has 0 aliphatic heterocycles. The molecule has 1 saturated carbocycles. The minimum Gasteiger partial charge on any atom is -0.497 e. The molecule has 0 atom stereocenters. The van der Waals surface area contributed by atoms with E-state index in [0.29, 0.717) is 23.1 Å². The standard InChI is InChI=1S/C28H27N3O3/c1-4-26-29-24-8-6-5-7-23(24)27(32)31(26)30-25-17-18-28(25,19-9-13-21(33-2)14-10-19)20-11-15-22(34-3)16-12-20/h5-16H,4,17-18H2,1-3H3/b30-25-. The molecule has 1 aromatic heterocycles. The summed E-state index contributed by atoms with van der Waals surface area (Å²) in [5.41, 5.74) is 3.30. The van der Waals surface area contributed by atoms with Crippen molar-refractivity contribution in [1.82, 2.24) is 9.66 Å². The van der Waals surface area contributed by atoms with E-state index in [2.05, 4.69) is 24.3 Å². The van der Waals surface area contributed by atoms with Crippen molar-refractivity contribution in [3.63, 3.8) is 0 Å². The molecule has 0 amide bonds. The van der Waals surface area contributed by atoms with Crippen molar-refractivity contribution < 1.29 is 9.47 Å². The molecule has 34 heavy (non-hydrogen) atoms. The fourth-order valence-corrected chi connectivity index (χ4v) is 4.78. The van der Waals surface area contributed by atoms with Gasteiger partial charge in [0.05, 0.1) is 36.2 Å². The van der Waals surface area contributed by atoms with Crippen LogP contribution in [0.15, 0.2) is 82.7 Å². The van der Waals surface area contributed by atoms with Crippen LogP contribution in [0.5, 0.6) is 11.5 Å². The second-order valence-electron chi connectivity index (χ2n) is 8.42. The van der Waals surface area contributed by atoms with Gasteiger partial charge in [-0.1, -0.05) is 43.3 Å². The maximum absolute atomic E-state index is 13.4. The van der Waals surface area contributed by atoms with Crippen molar-refractivity contribution in [3.8, 4) is 11.5 Å². The average molecular weight is 454 g/mol. The molecule has 3 aromatic carbocycles. The lowest BCUT2D eigenvalue weighted by Gasteiger charge is -2.44. The van der Waals surface area contributed by atoms with Gasteiger partial charge in [-0.3, -0.25) is 4.79 Å². The topological polar surface area (TPSA) is 65.7 Å². The zero-order valence-corrected chi connectivity index (χ0v) is 19.6. The lowest BCUT2D eigenvalue weighted by Crippen LogP contribution is -2.47. The Morgan fingerprint density at radius 3 is 2.00 bits per heavy atom. The Labute approximate surface area is 198 Å². The van der Waals surface area contributed by atoms with Gasteiger partial charge in [0.1, 0.15) is 17.3 Å². The highest BCUT2D eigenvalue weighted by Crippen LogP contribution is 2.47. The molecule has 1 heterocycles. The SMILES string of the molecule is CCc1nc2ccccc2c(=O)n1/N=C1/CCC1(c1ccc(OC)cc1)c1ccc(OC)cc1. The van der Waals surface area contributed by atoms with E-state index < -0.39 is 5.41 Å². The fraction of sp³-hybridized carbons (Fsp3) is 0.250. The first-order valence-electron chi connectivity index (χ1n) is 11.5. The molecule has 1 fully saturated rings. The number of hydrogen-bond donors (Lipinski definition) is 0. The molecule has 5 rings (SSSR count). The Bertz CT molecular complexity index is 1370. The number of nitrogens with zero attached hydrogens (tertiary/aromatic N) is 3. The number of hydrogen-bond acceptors (Lipinski definition) is 5. The lowest BCUT2D eigenvalue weighted by molar-refractivity contribution is 0.413. The minimum absolute atomic E-state index is 0.139. The molecule has 0 spiro atoms. The maximum atomic E-state index is 13.4. The first-order chi connectivity index (χ1) is 16.6. The van der Waals surface area contributed by atoms with Crippen LogP contribution in [-0.4, -0.2) is 29.6 Å². The van der Waals surface area contributed by atoms with Gasteiger partial charge in [0.2, 0.25) is 0 Å². The predicted octanol–water partition coefficient (Wildman–Crippen LogP) is 4.96. The van der Waals surface area contributed by atoms with Crippen LogP contribution in [-0.2, 0) is 11.8 Å². The molecule has 0 bridgehead atoms. The molecule has 1 aliphatic rings. The van der Waals surface area contributed by atoms with Crippen LogP contribution < -0.4 is 15.0 Å². The Hall–Kier alpha value is -3.93. The van der Waals surface area contributed by atoms with Crippen molar-refractivity contribution in [2.75, 3.05) is 14.2 Å². The van der Waals surface area contributed by atoms with Crippen LogP contribution in [0.3, 0.4) is 0 Å². The molecule has 6 nitrogen and oxygen atoms in total. The third kappa shape index (κ3) is 3.46. The number of para-hydroxylation sites is 1. The van der Waals surface area contributed by atoms with E-state index in [4.69, 9.17) is 19.6 Å². The molecule has 172 valence electrons. The van der Waals surface area contributed by atoms with E-state index in [9.17, 15) is 4.79 Å². The molecule has 1 aliphatic carbocycles. The van der Waals surface area contributed by atoms with Gasteiger partial charge in [-0.15, -0.1) is 0 Å². The summed E-state index contributed by atoms with van der Waals surface area (Å²) in [7, 11) is 3.33. The molecule has 0 unspecified atom stereocenters. The van der Waals surface area contributed by atoms with Gasteiger partial charge in [-0.2, -0.15) is 9.78 Å². The molecular weight excluding hydrogens is 426 g/mol. The molecule has 0 saturated heterocycles. The lowest BCUT2D eigenvalue weighted by atomic mass is 9.59. The zero-order valence-electron chi connectivity index (χ0n) is 19.6. The van der Waals surface area contributed by atoms with Crippen LogP contribution in [0.1, 0.15) is 36.7 Å². The maximum Gasteiger partial charge on any atom is 0.282 e. The van der Waals surface area contributed by atoms with Crippen LogP contribution >= 0.6 is 0 Å². The summed E-state index contributed by atoms with van der Waals surface area (Å²) in [4.78, 5) is 18.1. The first kappa shape index (κ1) is 21.9. The van der Waals surface area contributed by atoms with Crippen molar-refractivity contribution in [1.29, 1.82) is 0 Å². The van der Waals surface area contributed by atoms with Gasteiger partial charge in [0, 0.05) is 6.42 Å². The summed E-state index contributed by atoms with van der Waals surface area (Å²) in [5.74, 6) is 2.26. The minimum atomic E-state index is -0.436. The summed E-state index contributed by atoms with van der Waals surface area (Å²) in [5, 5.41) is 5.54. The van der Waals surface area contributed by atoms with Gasteiger partial charge in [-0.05, 0) is 60.4 Å². The Kier molecular flexibility index (Phi) is 5.65. The number of ether oxygens (including phenoxy) is 2. The number of methoxy groups -OCH3 is 2. The molecule has 4 aromatic rings. The fourth-order valence-electron chi connectivity index (χ4n) is 4.78. The molecule has 0 radical (unpaired) electrons. The molecule has 6 heteroatoms. The van der Waals surface area contributed by atoms with Crippen molar-refractivity contribution in [2.24, 2.45) is 5.10 Å². The van der Waals surface area contributed by atoms with Gasteiger partial charge in [0.25, 0.3) is 5.56 Å². The van der Waals surface area contributed by atoms with E-state index in [1.807, 2.05) is 55.5 Å². The molecule has 0 N–H and O–H groups in total. The second kappa shape index (κ2) is 8.78. The Morgan fingerprint density at radius 2 is 1.50 bits per heavy atom. The second-order valence-corrected chi connectivity index (χ2v) is 8.42. The highest BCUT2D eigenvalue weighted by Gasteiger charge is 2.47. The van der Waals surface area contributed by atoms with Crippen molar-refractivity contribution in [3.05, 3.63) is 100 Å². The monoisotopic (exact) mass is 453 g/mol. The van der Waals surface area contributed by atoms with E-state index in [1.165, 1.54) is 4.68 Å². The van der Waals surface area contributed by atoms with Gasteiger partial charge >= 0.3 is 0 Å². The van der Waals surface area contributed by atoms with Crippen LogP contribution in [0.4, 0.5) is 0 Å². The average Bonchev–Trinajstić information content (AvgIpc) is 2.88. The highest BCUT2D eigenvalue weighted by molar-refractivity contribution is 6.03. The first-order valence-corrected chi connectivity index (χ1v) is 11.5. The number of aromatic nitrogens is 2. The quantitative estimate of drug-likeness (QED) is 0.414. The predicted molar refractivity (Wildman–Crippen MR) is 134 cm³/mol. The smallest absolute Gasteiger partial charge is 0.282 e. The van der Waals surface area contributed by atoms with Gasteiger partial charge < -0.3 is 9.47 Å². The van der Waals surface area contributed by atoms with Crippen molar-refractivity contribution in [2.45, 2.75) is 31.6 Å². The largest absolute Gasteiger partial charge is 0.497 e.